The van der Waals surface area contributed by atoms with Gasteiger partial charge in [0, 0.05) is 29.4 Å². The van der Waals surface area contributed by atoms with Crippen molar-refractivity contribution in [2.45, 2.75) is 57.9 Å². The summed E-state index contributed by atoms with van der Waals surface area (Å²) < 4.78 is 18.3. The maximum absolute atomic E-state index is 12.9. The molecular weight excluding hydrogens is 456 g/mol. The van der Waals surface area contributed by atoms with E-state index in [0.717, 1.165) is 48.6 Å². The molecule has 3 aromatic rings. The summed E-state index contributed by atoms with van der Waals surface area (Å²) in [6.07, 6.45) is 5.12. The lowest BCUT2D eigenvalue weighted by molar-refractivity contribution is -0.145. The number of fused-ring (bicyclic) bond motifs is 4. The molecule has 36 heavy (non-hydrogen) atoms. The van der Waals surface area contributed by atoms with Gasteiger partial charge in [-0.1, -0.05) is 44.0 Å². The minimum atomic E-state index is -0.608. The van der Waals surface area contributed by atoms with E-state index in [1.54, 1.807) is 0 Å². The monoisotopic (exact) mass is 488 g/mol. The van der Waals surface area contributed by atoms with Crippen LogP contribution in [-0.2, 0) is 33.6 Å². The van der Waals surface area contributed by atoms with E-state index in [2.05, 4.69) is 47.1 Å². The number of aryl methyl sites for hydroxylation is 3. The molecule has 0 spiro atoms. The van der Waals surface area contributed by atoms with E-state index in [0.29, 0.717) is 12.8 Å². The molecule has 2 aromatic carbocycles. The van der Waals surface area contributed by atoms with Crippen molar-refractivity contribution in [2.75, 3.05) is 13.9 Å². The van der Waals surface area contributed by atoms with Crippen LogP contribution < -0.4 is 14.8 Å². The average molecular weight is 489 g/mol. The molecule has 1 atom stereocenters. The third-order valence-electron chi connectivity index (χ3n) is 6.98. The van der Waals surface area contributed by atoms with E-state index in [4.69, 9.17) is 14.2 Å². The summed E-state index contributed by atoms with van der Waals surface area (Å²) in [6.45, 7) is 2.28. The maximum atomic E-state index is 12.9. The van der Waals surface area contributed by atoms with Gasteiger partial charge in [-0.15, -0.1) is 0 Å². The second kappa shape index (κ2) is 10.5. The van der Waals surface area contributed by atoms with Crippen molar-refractivity contribution in [3.8, 4) is 28.4 Å². The first kappa shape index (κ1) is 24.0. The predicted molar refractivity (Wildman–Crippen MR) is 137 cm³/mol. The highest BCUT2D eigenvalue weighted by Gasteiger charge is 2.26. The second-order valence-corrected chi connectivity index (χ2v) is 9.33. The van der Waals surface area contributed by atoms with Crippen LogP contribution >= 0.6 is 0 Å². The number of ether oxygens (including phenoxy) is 3. The third kappa shape index (κ3) is 4.70. The fourth-order valence-corrected chi connectivity index (χ4v) is 5.15. The zero-order valence-corrected chi connectivity index (χ0v) is 20.8. The Morgan fingerprint density at radius 3 is 2.69 bits per heavy atom. The summed E-state index contributed by atoms with van der Waals surface area (Å²) in [7, 11) is 1.36. The highest BCUT2D eigenvalue weighted by Crippen LogP contribution is 2.40. The number of methoxy groups -OCH3 is 1. The number of benzene rings is 2. The summed E-state index contributed by atoms with van der Waals surface area (Å²) in [6, 6.07) is 16.1. The van der Waals surface area contributed by atoms with Crippen molar-refractivity contribution < 1.29 is 23.8 Å². The van der Waals surface area contributed by atoms with Gasteiger partial charge >= 0.3 is 5.97 Å². The zero-order chi connectivity index (χ0) is 25.1. The first-order valence-electron chi connectivity index (χ1n) is 12.7. The Morgan fingerprint density at radius 1 is 1.06 bits per heavy atom. The van der Waals surface area contributed by atoms with Gasteiger partial charge in [-0.25, -0.2) is 4.79 Å². The Labute approximate surface area is 211 Å². The lowest BCUT2D eigenvalue weighted by Gasteiger charge is -2.21. The zero-order valence-electron chi connectivity index (χ0n) is 20.8. The lowest BCUT2D eigenvalue weighted by atomic mass is 9.90. The van der Waals surface area contributed by atoms with Crippen LogP contribution in [0.5, 0.6) is 11.5 Å². The van der Waals surface area contributed by atoms with Crippen molar-refractivity contribution in [1.82, 2.24) is 9.88 Å². The minimum Gasteiger partial charge on any atom is -0.467 e. The van der Waals surface area contributed by atoms with E-state index in [1.807, 2.05) is 18.2 Å². The smallest absolute Gasteiger partial charge is 0.328 e. The molecule has 1 aromatic heterocycles. The highest BCUT2D eigenvalue weighted by atomic mass is 16.7. The quantitative estimate of drug-likeness (QED) is 0.440. The van der Waals surface area contributed by atoms with E-state index < -0.39 is 12.0 Å². The van der Waals surface area contributed by atoms with Crippen LogP contribution in [0.1, 0.15) is 49.4 Å². The molecule has 188 valence electrons. The SMILES string of the molecule is CCCC[C@H](NC(=O)CCc1cc2c(n1-c1ccc3c(c1)OCO3)-c1ccccc1CC2)C(=O)OC. The first-order chi connectivity index (χ1) is 17.6. The number of carbonyl (C=O) groups excluding carboxylic acids is 2. The van der Waals surface area contributed by atoms with E-state index in [-0.39, 0.29) is 19.1 Å². The van der Waals surface area contributed by atoms with Gasteiger partial charge in [0.15, 0.2) is 11.5 Å². The van der Waals surface area contributed by atoms with Crippen LogP contribution in [0.4, 0.5) is 0 Å². The fraction of sp³-hybridized carbons (Fsp3) is 0.379. The molecule has 7 nitrogen and oxygen atoms in total. The number of hydrogen-bond acceptors (Lipinski definition) is 5. The van der Waals surface area contributed by atoms with Crippen LogP contribution in [0, 0.1) is 0 Å². The molecule has 2 heterocycles. The lowest BCUT2D eigenvalue weighted by Crippen LogP contribution is -2.41. The predicted octanol–water partition coefficient (Wildman–Crippen LogP) is 4.75. The molecule has 1 aliphatic heterocycles. The fourth-order valence-electron chi connectivity index (χ4n) is 5.15. The number of amides is 1. The highest BCUT2D eigenvalue weighted by molar-refractivity contribution is 5.84. The Kier molecular flexibility index (Phi) is 6.98. The molecule has 0 fully saturated rings. The van der Waals surface area contributed by atoms with E-state index >= 15 is 0 Å². The number of nitrogens with one attached hydrogen (secondary N) is 1. The average Bonchev–Trinajstić information content (AvgIpc) is 3.53. The van der Waals surface area contributed by atoms with Gasteiger partial charge in [-0.2, -0.15) is 0 Å². The molecule has 1 N–H and O–H groups in total. The topological polar surface area (TPSA) is 78.8 Å². The summed E-state index contributed by atoms with van der Waals surface area (Å²) in [5.74, 6) is 0.910. The molecule has 0 saturated carbocycles. The minimum absolute atomic E-state index is 0.154. The molecular formula is C29H32N2O5. The van der Waals surface area contributed by atoms with Crippen LogP contribution in [0.25, 0.3) is 16.9 Å². The van der Waals surface area contributed by atoms with Gasteiger partial charge in [-0.3, -0.25) is 4.79 Å². The number of hydrogen-bond donors (Lipinski definition) is 1. The van der Waals surface area contributed by atoms with Crippen molar-refractivity contribution >= 4 is 11.9 Å². The summed E-state index contributed by atoms with van der Waals surface area (Å²) in [5, 5.41) is 2.88. The van der Waals surface area contributed by atoms with Crippen molar-refractivity contribution in [3.05, 3.63) is 65.4 Å². The Hall–Kier alpha value is -3.74. The van der Waals surface area contributed by atoms with Gasteiger partial charge in [0.25, 0.3) is 0 Å². The van der Waals surface area contributed by atoms with E-state index in [1.165, 1.54) is 29.5 Å². The molecule has 2 aliphatic rings. The molecule has 5 rings (SSSR count). The number of rotatable bonds is 9. The number of carbonyl (C=O) groups is 2. The van der Waals surface area contributed by atoms with Crippen molar-refractivity contribution in [2.24, 2.45) is 0 Å². The summed E-state index contributed by atoms with van der Waals surface area (Å²) in [5.41, 5.74) is 7.01. The van der Waals surface area contributed by atoms with Gasteiger partial charge < -0.3 is 24.1 Å². The second-order valence-electron chi connectivity index (χ2n) is 9.33. The number of aromatic nitrogens is 1. The standard InChI is InChI=1S/C29H32N2O5/c1-3-4-9-24(29(33)34-2)30-27(32)15-13-21-16-20-11-10-19-7-5-6-8-23(19)28(20)31(21)22-12-14-25-26(17-22)36-18-35-25/h5-8,12,14,16-17,24H,3-4,9-11,13,15,18H2,1-2H3,(H,30,32)/t24-/m0/s1. The first-order valence-corrected chi connectivity index (χ1v) is 12.7. The maximum Gasteiger partial charge on any atom is 0.328 e. The van der Waals surface area contributed by atoms with Crippen molar-refractivity contribution in [1.29, 1.82) is 0 Å². The normalized spacial score (nSPS) is 14.1. The molecule has 1 aliphatic carbocycles. The number of esters is 1. The molecule has 0 bridgehead atoms. The van der Waals surface area contributed by atoms with Crippen LogP contribution in [-0.4, -0.2) is 36.4 Å². The number of unbranched alkanes of at least 4 members (excludes halogenated alkanes) is 1. The van der Waals surface area contributed by atoms with Crippen molar-refractivity contribution in [3.63, 3.8) is 0 Å². The van der Waals surface area contributed by atoms with Gasteiger partial charge in [0.05, 0.1) is 12.8 Å². The Morgan fingerprint density at radius 2 is 1.86 bits per heavy atom. The molecule has 0 radical (unpaired) electrons. The Bertz CT molecular complexity index is 1280. The van der Waals surface area contributed by atoms with Crippen LogP contribution in [0.3, 0.4) is 0 Å². The Balaban J connectivity index is 1.45. The largest absolute Gasteiger partial charge is 0.467 e. The van der Waals surface area contributed by atoms with E-state index in [9.17, 15) is 9.59 Å². The van der Waals surface area contributed by atoms with Gasteiger partial charge in [0.1, 0.15) is 6.04 Å². The van der Waals surface area contributed by atoms with Gasteiger partial charge in [-0.05, 0) is 55.0 Å². The van der Waals surface area contributed by atoms with Gasteiger partial charge in [0.2, 0.25) is 12.7 Å². The summed E-state index contributed by atoms with van der Waals surface area (Å²) in [4.78, 5) is 25.0. The molecule has 0 unspecified atom stereocenters. The summed E-state index contributed by atoms with van der Waals surface area (Å²) >= 11 is 0. The third-order valence-corrected chi connectivity index (χ3v) is 6.98. The van der Waals surface area contributed by atoms with Crippen LogP contribution in [0.2, 0.25) is 0 Å². The molecule has 1 amide bonds. The number of nitrogens with zero attached hydrogens (tertiary/aromatic N) is 1. The van der Waals surface area contributed by atoms with Crippen LogP contribution in [0.15, 0.2) is 48.5 Å². The molecule has 7 heteroatoms. The molecule has 0 saturated heterocycles.